The Morgan fingerprint density at radius 3 is 2.57 bits per heavy atom. The summed E-state index contributed by atoms with van der Waals surface area (Å²) in [6, 6.07) is 11.0. The summed E-state index contributed by atoms with van der Waals surface area (Å²) in [5, 5.41) is 0. The Kier molecular flexibility index (Phi) is 5.03. The van der Waals surface area contributed by atoms with Gasteiger partial charge in [0.1, 0.15) is 11.6 Å². The van der Waals surface area contributed by atoms with Crippen LogP contribution in [0.15, 0.2) is 64.1 Å². The van der Waals surface area contributed by atoms with Crippen LogP contribution >= 0.6 is 0 Å². The summed E-state index contributed by atoms with van der Waals surface area (Å²) in [4.78, 5) is 20.6. The topological polar surface area (TPSA) is 70.2 Å². The number of alkyl halides is 3. The molecule has 0 aliphatic rings. The van der Waals surface area contributed by atoms with Gasteiger partial charge in [-0.1, -0.05) is 12.1 Å². The number of ether oxygens (including phenoxy) is 1. The highest BCUT2D eigenvalue weighted by Gasteiger charge is 2.31. The van der Waals surface area contributed by atoms with Crippen molar-refractivity contribution < 1.29 is 22.3 Å². The van der Waals surface area contributed by atoms with E-state index in [-0.39, 0.29) is 5.75 Å². The molecular formula is C21H16F3N3O3. The molecule has 0 bridgehead atoms. The van der Waals surface area contributed by atoms with Crippen LogP contribution in [0.1, 0.15) is 11.4 Å². The van der Waals surface area contributed by atoms with Crippen molar-refractivity contribution in [2.75, 3.05) is 0 Å². The fraction of sp³-hybridized carbons (Fsp3) is 0.190. The molecule has 30 heavy (non-hydrogen) atoms. The molecule has 0 saturated heterocycles. The second kappa shape index (κ2) is 7.66. The first kappa shape index (κ1) is 19.7. The molecule has 0 unspecified atom stereocenters. The van der Waals surface area contributed by atoms with Crippen molar-refractivity contribution in [1.29, 1.82) is 0 Å². The lowest BCUT2D eigenvalue weighted by Crippen LogP contribution is -2.17. The Hall–Kier alpha value is -3.62. The third-order valence-electron chi connectivity index (χ3n) is 4.59. The molecule has 0 amide bonds. The lowest BCUT2D eigenvalue weighted by molar-refractivity contribution is -0.274. The van der Waals surface area contributed by atoms with Gasteiger partial charge in [-0.3, -0.25) is 4.57 Å². The first-order chi connectivity index (χ1) is 14.3. The van der Waals surface area contributed by atoms with E-state index in [1.807, 2.05) is 0 Å². The van der Waals surface area contributed by atoms with Crippen LogP contribution in [0.4, 0.5) is 13.2 Å². The number of halogens is 3. The zero-order valence-corrected chi connectivity index (χ0v) is 15.8. The largest absolute Gasteiger partial charge is 0.573 e. The Morgan fingerprint density at radius 1 is 1.10 bits per heavy atom. The van der Waals surface area contributed by atoms with Crippen LogP contribution in [-0.2, 0) is 13.0 Å². The van der Waals surface area contributed by atoms with Gasteiger partial charge in [-0.15, -0.1) is 13.2 Å². The molecule has 4 rings (SSSR count). The molecule has 0 fully saturated rings. The average molecular weight is 415 g/mol. The van der Waals surface area contributed by atoms with Crippen LogP contribution in [0.2, 0.25) is 0 Å². The van der Waals surface area contributed by atoms with Crippen molar-refractivity contribution in [2.24, 2.45) is 0 Å². The Morgan fingerprint density at radius 2 is 1.87 bits per heavy atom. The molecule has 6 nitrogen and oxygen atoms in total. The summed E-state index contributed by atoms with van der Waals surface area (Å²) in [6.45, 7) is 2.02. The number of oxazole rings is 1. The predicted molar refractivity (Wildman–Crippen MR) is 103 cm³/mol. The summed E-state index contributed by atoms with van der Waals surface area (Å²) in [7, 11) is 0. The molecule has 9 heteroatoms. The average Bonchev–Trinajstić information content (AvgIpc) is 3.00. The fourth-order valence-electron chi connectivity index (χ4n) is 3.27. The minimum atomic E-state index is -4.75. The van der Waals surface area contributed by atoms with Crippen molar-refractivity contribution in [1.82, 2.24) is 14.5 Å². The van der Waals surface area contributed by atoms with Gasteiger partial charge in [0.2, 0.25) is 0 Å². The van der Waals surface area contributed by atoms with E-state index < -0.39 is 12.1 Å². The summed E-state index contributed by atoms with van der Waals surface area (Å²) in [5.41, 5.74) is 3.07. The number of aryl methyl sites for hydroxylation is 3. The van der Waals surface area contributed by atoms with Crippen LogP contribution in [0.3, 0.4) is 0 Å². The first-order valence-corrected chi connectivity index (χ1v) is 9.06. The molecule has 0 aliphatic heterocycles. The molecule has 2 aromatic heterocycles. The van der Waals surface area contributed by atoms with E-state index in [4.69, 9.17) is 4.42 Å². The second-order valence-electron chi connectivity index (χ2n) is 6.64. The number of nitrogens with zero attached hydrogens (tertiary/aromatic N) is 3. The summed E-state index contributed by atoms with van der Waals surface area (Å²) in [5.74, 6) is -0.178. The van der Waals surface area contributed by atoms with Gasteiger partial charge in [-0.05, 0) is 53.9 Å². The van der Waals surface area contributed by atoms with Gasteiger partial charge in [-0.2, -0.15) is 0 Å². The zero-order valence-electron chi connectivity index (χ0n) is 15.8. The van der Waals surface area contributed by atoms with Gasteiger partial charge in [0.15, 0.2) is 5.58 Å². The summed E-state index contributed by atoms with van der Waals surface area (Å²) < 4.78 is 48.1. The third kappa shape index (κ3) is 4.19. The van der Waals surface area contributed by atoms with E-state index in [1.165, 1.54) is 16.7 Å². The lowest BCUT2D eigenvalue weighted by Gasteiger charge is -2.12. The zero-order chi connectivity index (χ0) is 21.3. The molecule has 0 aliphatic carbocycles. The number of benzene rings is 2. The van der Waals surface area contributed by atoms with Gasteiger partial charge in [0.05, 0.1) is 5.52 Å². The van der Waals surface area contributed by atoms with Crippen molar-refractivity contribution in [2.45, 2.75) is 26.3 Å². The number of aromatic nitrogens is 3. The molecule has 0 spiro atoms. The van der Waals surface area contributed by atoms with Gasteiger partial charge in [0.25, 0.3) is 0 Å². The normalized spacial score (nSPS) is 11.7. The maximum Gasteiger partial charge on any atom is 0.573 e. The van der Waals surface area contributed by atoms with Gasteiger partial charge in [-0.25, -0.2) is 14.8 Å². The van der Waals surface area contributed by atoms with Gasteiger partial charge < -0.3 is 9.15 Å². The number of hydrogen-bond donors (Lipinski definition) is 0. The minimum absolute atomic E-state index is 0.284. The van der Waals surface area contributed by atoms with Crippen molar-refractivity contribution >= 4 is 11.1 Å². The van der Waals surface area contributed by atoms with E-state index in [2.05, 4.69) is 14.7 Å². The summed E-state index contributed by atoms with van der Waals surface area (Å²) in [6.07, 6.45) is -1.04. The highest BCUT2D eigenvalue weighted by Crippen LogP contribution is 2.31. The SMILES string of the molecule is Cc1cc(OC(F)(F)F)ccc1-c1ccc2oc(=O)n(CCc3ncccn3)c2c1. The third-order valence-corrected chi connectivity index (χ3v) is 4.59. The molecule has 2 aromatic carbocycles. The van der Waals surface area contributed by atoms with Crippen LogP contribution in [0.5, 0.6) is 5.75 Å². The van der Waals surface area contributed by atoms with Crippen molar-refractivity contribution in [3.8, 4) is 16.9 Å². The van der Waals surface area contributed by atoms with Crippen molar-refractivity contribution in [3.05, 3.63) is 76.8 Å². The van der Waals surface area contributed by atoms with E-state index in [1.54, 1.807) is 49.6 Å². The van der Waals surface area contributed by atoms with E-state index >= 15 is 0 Å². The Bertz CT molecular complexity index is 1250. The highest BCUT2D eigenvalue weighted by molar-refractivity contribution is 5.81. The number of rotatable bonds is 5. The molecule has 0 saturated carbocycles. The van der Waals surface area contributed by atoms with Crippen LogP contribution in [0.25, 0.3) is 22.2 Å². The minimum Gasteiger partial charge on any atom is -0.408 e. The van der Waals surface area contributed by atoms with Crippen molar-refractivity contribution in [3.63, 3.8) is 0 Å². The molecule has 0 atom stereocenters. The molecule has 154 valence electrons. The molecule has 4 aromatic rings. The molecule has 0 radical (unpaired) electrons. The highest BCUT2D eigenvalue weighted by atomic mass is 19.4. The van der Waals surface area contributed by atoms with E-state index in [0.717, 1.165) is 11.1 Å². The van der Waals surface area contributed by atoms with Crippen LogP contribution < -0.4 is 10.5 Å². The molecule has 2 heterocycles. The quantitative estimate of drug-likeness (QED) is 0.480. The van der Waals surface area contributed by atoms with E-state index in [9.17, 15) is 18.0 Å². The monoisotopic (exact) mass is 415 g/mol. The summed E-state index contributed by atoms with van der Waals surface area (Å²) >= 11 is 0. The molecule has 0 N–H and O–H groups in total. The van der Waals surface area contributed by atoms with Gasteiger partial charge >= 0.3 is 12.1 Å². The Balaban J connectivity index is 1.67. The second-order valence-corrected chi connectivity index (χ2v) is 6.64. The van der Waals surface area contributed by atoms with E-state index in [0.29, 0.717) is 35.5 Å². The standard InChI is InChI=1S/C21H16F3N3O3/c1-13-11-15(30-21(22,23)24)4-5-16(13)14-3-6-18-17(12-14)27(20(28)29-18)10-7-19-25-8-2-9-26-19/h2-6,8-9,11-12H,7,10H2,1H3. The van der Waals surface area contributed by atoms with Crippen LogP contribution in [0, 0.1) is 6.92 Å². The number of fused-ring (bicyclic) bond motifs is 1. The predicted octanol–water partition coefficient (Wildman–Crippen LogP) is 4.50. The molecular weight excluding hydrogens is 399 g/mol. The first-order valence-electron chi connectivity index (χ1n) is 9.06. The van der Waals surface area contributed by atoms with Crippen LogP contribution in [-0.4, -0.2) is 20.9 Å². The fourth-order valence-corrected chi connectivity index (χ4v) is 3.27. The smallest absolute Gasteiger partial charge is 0.408 e. The van der Waals surface area contributed by atoms with Gasteiger partial charge in [0, 0.05) is 25.4 Å². The number of hydrogen-bond acceptors (Lipinski definition) is 5. The maximum absolute atomic E-state index is 12.4. The Labute approximate surface area is 168 Å². The maximum atomic E-state index is 12.4. The lowest BCUT2D eigenvalue weighted by atomic mass is 10.00.